The molecule has 3 N–H and O–H groups in total. The van der Waals surface area contributed by atoms with Crippen molar-refractivity contribution in [3.05, 3.63) is 29.8 Å². The van der Waals surface area contributed by atoms with Gasteiger partial charge in [-0.15, -0.1) is 0 Å². The monoisotopic (exact) mass is 275 g/mol. The third-order valence-corrected chi connectivity index (χ3v) is 4.07. The van der Waals surface area contributed by atoms with Crippen LogP contribution >= 0.6 is 0 Å². The minimum absolute atomic E-state index is 0.116. The maximum atomic E-state index is 7.54. The van der Waals surface area contributed by atoms with Gasteiger partial charge >= 0.3 is 0 Å². The molecule has 0 amide bonds. The van der Waals surface area contributed by atoms with Gasteiger partial charge in [0.05, 0.1) is 12.4 Å². The number of benzene rings is 1. The van der Waals surface area contributed by atoms with E-state index >= 15 is 0 Å². The van der Waals surface area contributed by atoms with E-state index in [-0.39, 0.29) is 11.8 Å². The summed E-state index contributed by atoms with van der Waals surface area (Å²) < 4.78 is 5.72. The Bertz CT molecular complexity index is 461. The fourth-order valence-electron chi connectivity index (χ4n) is 2.74. The molecule has 110 valence electrons. The maximum absolute atomic E-state index is 7.54. The van der Waals surface area contributed by atoms with E-state index in [1.54, 1.807) is 0 Å². The van der Waals surface area contributed by atoms with Gasteiger partial charge in [0.15, 0.2) is 0 Å². The van der Waals surface area contributed by atoms with Crippen molar-refractivity contribution in [1.82, 2.24) is 4.90 Å². The lowest BCUT2D eigenvalue weighted by atomic mass is 9.92. The van der Waals surface area contributed by atoms with E-state index in [9.17, 15) is 0 Å². The van der Waals surface area contributed by atoms with Gasteiger partial charge in [-0.3, -0.25) is 5.41 Å². The second-order valence-corrected chi connectivity index (χ2v) is 5.58. The van der Waals surface area contributed by atoms with Crippen LogP contribution < -0.4 is 10.5 Å². The lowest BCUT2D eigenvalue weighted by molar-refractivity contribution is 0.209. The molecule has 2 unspecified atom stereocenters. The molecule has 1 aromatic rings. The number of hydrogen-bond donors (Lipinski definition) is 2. The first-order chi connectivity index (χ1) is 9.61. The van der Waals surface area contributed by atoms with Crippen molar-refractivity contribution in [3.63, 3.8) is 0 Å². The summed E-state index contributed by atoms with van der Waals surface area (Å²) in [5.41, 5.74) is 6.90. The number of nitrogens with one attached hydrogen (secondary N) is 1. The number of nitrogens with two attached hydrogens (primary N) is 1. The first-order valence-corrected chi connectivity index (χ1v) is 7.39. The van der Waals surface area contributed by atoms with Crippen LogP contribution in [-0.4, -0.2) is 37.0 Å². The second kappa shape index (κ2) is 6.75. The van der Waals surface area contributed by atoms with Gasteiger partial charge < -0.3 is 15.4 Å². The van der Waals surface area contributed by atoms with E-state index in [4.69, 9.17) is 15.9 Å². The van der Waals surface area contributed by atoms with Crippen LogP contribution in [0.2, 0.25) is 0 Å². The second-order valence-electron chi connectivity index (χ2n) is 5.58. The molecule has 0 spiro atoms. The molecule has 2 atom stereocenters. The van der Waals surface area contributed by atoms with Crippen molar-refractivity contribution in [2.24, 2.45) is 11.7 Å². The Morgan fingerprint density at radius 1 is 1.50 bits per heavy atom. The van der Waals surface area contributed by atoms with Gasteiger partial charge in [-0.1, -0.05) is 32.0 Å². The van der Waals surface area contributed by atoms with E-state index in [2.05, 4.69) is 30.0 Å². The summed E-state index contributed by atoms with van der Waals surface area (Å²) in [6.45, 7) is 7.82. The molecule has 0 saturated carbocycles. The highest BCUT2D eigenvalue weighted by atomic mass is 16.5. The third kappa shape index (κ3) is 3.51. The highest BCUT2D eigenvalue weighted by Crippen LogP contribution is 2.33. The molecule has 1 heterocycles. The Hall–Kier alpha value is -1.55. The van der Waals surface area contributed by atoms with Gasteiger partial charge in [0.1, 0.15) is 5.75 Å². The van der Waals surface area contributed by atoms with Crippen LogP contribution in [0, 0.1) is 11.3 Å². The molecule has 0 aliphatic carbocycles. The number of likely N-dealkylation sites (N-methyl/N-ethyl adjacent to an activating group) is 1. The van der Waals surface area contributed by atoms with Crippen LogP contribution in [0.4, 0.5) is 0 Å². The maximum Gasteiger partial charge on any atom is 0.122 e. The predicted octanol–water partition coefficient (Wildman–Crippen LogP) is 2.45. The number of rotatable bonds is 6. The predicted molar refractivity (Wildman–Crippen MR) is 82.5 cm³/mol. The van der Waals surface area contributed by atoms with Crippen molar-refractivity contribution in [3.8, 4) is 5.75 Å². The van der Waals surface area contributed by atoms with Crippen molar-refractivity contribution in [1.29, 1.82) is 5.41 Å². The number of amidine groups is 1. The Labute approximate surface area is 121 Å². The summed E-state index contributed by atoms with van der Waals surface area (Å²) in [7, 11) is 0. The van der Waals surface area contributed by atoms with Crippen LogP contribution in [-0.2, 0) is 0 Å². The minimum Gasteiger partial charge on any atom is -0.493 e. The van der Waals surface area contributed by atoms with Crippen LogP contribution in [0.5, 0.6) is 5.75 Å². The van der Waals surface area contributed by atoms with Gasteiger partial charge in [0.25, 0.3) is 0 Å². The summed E-state index contributed by atoms with van der Waals surface area (Å²) in [5, 5.41) is 7.54. The smallest absolute Gasteiger partial charge is 0.122 e. The summed E-state index contributed by atoms with van der Waals surface area (Å²) in [6.07, 6.45) is 1.06. The summed E-state index contributed by atoms with van der Waals surface area (Å²) in [6, 6.07) is 8.32. The van der Waals surface area contributed by atoms with E-state index in [1.807, 2.05) is 13.0 Å². The summed E-state index contributed by atoms with van der Waals surface area (Å²) >= 11 is 0. The molecule has 2 rings (SSSR count). The van der Waals surface area contributed by atoms with Crippen molar-refractivity contribution in [2.45, 2.75) is 26.2 Å². The molecule has 1 aliphatic rings. The number of para-hydroxylation sites is 1. The Morgan fingerprint density at radius 2 is 2.25 bits per heavy atom. The van der Waals surface area contributed by atoms with Crippen molar-refractivity contribution < 1.29 is 4.74 Å². The van der Waals surface area contributed by atoms with Crippen LogP contribution in [0.3, 0.4) is 0 Å². The fourth-order valence-corrected chi connectivity index (χ4v) is 2.74. The highest BCUT2D eigenvalue weighted by molar-refractivity contribution is 5.79. The molecule has 0 fully saturated rings. The average Bonchev–Trinajstić information content (AvgIpc) is 2.46. The first-order valence-electron chi connectivity index (χ1n) is 7.39. The van der Waals surface area contributed by atoms with Crippen LogP contribution in [0.1, 0.15) is 31.7 Å². The molecule has 4 nitrogen and oxygen atoms in total. The van der Waals surface area contributed by atoms with Gasteiger partial charge in [-0.05, 0) is 24.6 Å². The molecule has 0 bridgehead atoms. The van der Waals surface area contributed by atoms with Gasteiger partial charge in [0, 0.05) is 24.9 Å². The molecule has 1 aromatic carbocycles. The number of nitrogens with zero attached hydrogens (tertiary/aromatic N) is 1. The zero-order valence-electron chi connectivity index (χ0n) is 12.4. The van der Waals surface area contributed by atoms with Gasteiger partial charge in [-0.25, -0.2) is 0 Å². The lowest BCUT2D eigenvalue weighted by Crippen LogP contribution is -2.37. The van der Waals surface area contributed by atoms with Crippen LogP contribution in [0.25, 0.3) is 0 Å². The number of fused-ring (bicyclic) bond motifs is 1. The molecule has 0 aromatic heterocycles. The average molecular weight is 275 g/mol. The number of hydrogen-bond acceptors (Lipinski definition) is 3. The Balaban J connectivity index is 2.03. The van der Waals surface area contributed by atoms with Crippen molar-refractivity contribution in [2.75, 3.05) is 26.2 Å². The summed E-state index contributed by atoms with van der Waals surface area (Å²) in [5.74, 6) is 1.93. The van der Waals surface area contributed by atoms with Gasteiger partial charge in [-0.2, -0.15) is 0 Å². The van der Waals surface area contributed by atoms with Crippen molar-refractivity contribution >= 4 is 5.84 Å². The minimum atomic E-state index is 0.116. The molecular formula is C16H25N3O. The topological polar surface area (TPSA) is 62.3 Å². The molecule has 4 heteroatoms. The SMILES string of the molecule is CCN(CC(C)C(=N)N)CC1CCOc2ccccc21. The zero-order chi connectivity index (χ0) is 14.5. The van der Waals surface area contributed by atoms with E-state index in [0.717, 1.165) is 38.4 Å². The number of ether oxygens (including phenoxy) is 1. The van der Waals surface area contributed by atoms with E-state index in [1.165, 1.54) is 5.56 Å². The standard InChI is InChI=1S/C16H25N3O/c1-3-19(10-12(2)16(17)18)11-13-8-9-20-15-7-5-4-6-14(13)15/h4-7,12-13H,3,8-11H2,1-2H3,(H3,17,18). The molecule has 0 radical (unpaired) electrons. The first kappa shape index (κ1) is 14.9. The lowest BCUT2D eigenvalue weighted by Gasteiger charge is -2.32. The molecule has 1 aliphatic heterocycles. The largest absolute Gasteiger partial charge is 0.493 e. The highest BCUT2D eigenvalue weighted by Gasteiger charge is 2.23. The Morgan fingerprint density at radius 3 is 2.95 bits per heavy atom. The zero-order valence-corrected chi connectivity index (χ0v) is 12.4. The Kier molecular flexibility index (Phi) is 5.01. The fraction of sp³-hybridized carbons (Fsp3) is 0.562. The third-order valence-electron chi connectivity index (χ3n) is 4.07. The van der Waals surface area contributed by atoms with Gasteiger partial charge in [0.2, 0.25) is 0 Å². The van der Waals surface area contributed by atoms with Crippen LogP contribution in [0.15, 0.2) is 24.3 Å². The molecule has 20 heavy (non-hydrogen) atoms. The summed E-state index contributed by atoms with van der Waals surface area (Å²) in [4.78, 5) is 2.39. The molecular weight excluding hydrogens is 250 g/mol. The van der Waals surface area contributed by atoms with E-state index in [0.29, 0.717) is 5.92 Å². The molecule has 0 saturated heterocycles. The normalized spacial score (nSPS) is 19.2. The quantitative estimate of drug-likeness (QED) is 0.619. The van der Waals surface area contributed by atoms with E-state index < -0.39 is 0 Å².